The predicted octanol–water partition coefficient (Wildman–Crippen LogP) is 2.04. The molecular formula is C16H20BrN5O. The molecule has 6 nitrogen and oxygen atoms in total. The predicted molar refractivity (Wildman–Crippen MR) is 90.6 cm³/mol. The van der Waals surface area contributed by atoms with Gasteiger partial charge >= 0.3 is 0 Å². The van der Waals surface area contributed by atoms with E-state index in [1.165, 1.54) is 0 Å². The summed E-state index contributed by atoms with van der Waals surface area (Å²) in [6.07, 6.45) is 2.02. The standard InChI is InChI=1S/C16H20BrN5O/c1-10(14-21-20-13-4-3-9-22(13)14)19-15(23)16(2,18)11-5-7-12(17)8-6-11/h5-8,10H,3-4,9,18H2,1-2H3,(H,19,23). The van der Waals surface area contributed by atoms with Crippen LogP contribution in [0.15, 0.2) is 28.7 Å². The van der Waals surface area contributed by atoms with Crippen LogP contribution in [0.2, 0.25) is 0 Å². The maximum atomic E-state index is 12.7. The number of carbonyl (C=O) groups excluding carboxylic acids is 1. The van der Waals surface area contributed by atoms with E-state index in [4.69, 9.17) is 5.73 Å². The normalized spacial score (nSPS) is 17.4. The van der Waals surface area contributed by atoms with E-state index in [0.717, 1.165) is 41.1 Å². The number of aryl methyl sites for hydroxylation is 1. The van der Waals surface area contributed by atoms with Crippen molar-refractivity contribution >= 4 is 21.8 Å². The quantitative estimate of drug-likeness (QED) is 0.853. The molecule has 2 atom stereocenters. The van der Waals surface area contributed by atoms with Gasteiger partial charge in [0.1, 0.15) is 11.4 Å². The molecule has 0 saturated carbocycles. The third kappa shape index (κ3) is 3.03. The number of halogens is 1. The van der Waals surface area contributed by atoms with E-state index in [9.17, 15) is 4.79 Å². The second-order valence-corrected chi connectivity index (χ2v) is 7.05. The Hall–Kier alpha value is -1.73. The zero-order valence-electron chi connectivity index (χ0n) is 13.2. The van der Waals surface area contributed by atoms with Gasteiger partial charge < -0.3 is 15.6 Å². The minimum Gasteiger partial charge on any atom is -0.344 e. The molecular weight excluding hydrogens is 358 g/mol. The van der Waals surface area contributed by atoms with Crippen LogP contribution in [0.4, 0.5) is 0 Å². The molecule has 1 aromatic heterocycles. The van der Waals surface area contributed by atoms with Crippen LogP contribution in [-0.2, 0) is 23.3 Å². The van der Waals surface area contributed by atoms with Crippen LogP contribution in [0.5, 0.6) is 0 Å². The lowest BCUT2D eigenvalue weighted by molar-refractivity contribution is -0.126. The number of hydrogen-bond donors (Lipinski definition) is 2. The average molecular weight is 378 g/mol. The number of hydrogen-bond acceptors (Lipinski definition) is 4. The van der Waals surface area contributed by atoms with Crippen molar-refractivity contribution in [3.05, 3.63) is 46.0 Å². The minimum absolute atomic E-state index is 0.234. The van der Waals surface area contributed by atoms with Crippen molar-refractivity contribution in [1.82, 2.24) is 20.1 Å². The molecule has 1 amide bonds. The number of nitrogens with zero attached hydrogens (tertiary/aromatic N) is 3. The molecule has 1 aliphatic rings. The summed E-state index contributed by atoms with van der Waals surface area (Å²) in [5.74, 6) is 1.55. The number of nitrogens with two attached hydrogens (primary N) is 1. The highest BCUT2D eigenvalue weighted by molar-refractivity contribution is 9.10. The molecule has 1 aromatic carbocycles. The number of carbonyl (C=O) groups is 1. The van der Waals surface area contributed by atoms with E-state index in [-0.39, 0.29) is 11.9 Å². The van der Waals surface area contributed by atoms with Gasteiger partial charge in [0.05, 0.1) is 6.04 Å². The van der Waals surface area contributed by atoms with Crippen LogP contribution in [0.1, 0.15) is 43.5 Å². The van der Waals surface area contributed by atoms with E-state index in [2.05, 4.69) is 36.0 Å². The molecule has 0 fully saturated rings. The molecule has 2 aromatic rings. The fourth-order valence-corrected chi connectivity index (χ4v) is 3.10. The fraction of sp³-hybridized carbons (Fsp3) is 0.438. The molecule has 2 heterocycles. The van der Waals surface area contributed by atoms with Crippen LogP contribution >= 0.6 is 15.9 Å². The Morgan fingerprint density at radius 3 is 2.78 bits per heavy atom. The molecule has 0 spiro atoms. The summed E-state index contributed by atoms with van der Waals surface area (Å²) >= 11 is 3.38. The van der Waals surface area contributed by atoms with Crippen molar-refractivity contribution in [2.75, 3.05) is 0 Å². The van der Waals surface area contributed by atoms with Gasteiger partial charge in [0, 0.05) is 17.4 Å². The maximum absolute atomic E-state index is 12.7. The van der Waals surface area contributed by atoms with E-state index < -0.39 is 5.54 Å². The Balaban J connectivity index is 1.76. The molecule has 122 valence electrons. The summed E-state index contributed by atoms with van der Waals surface area (Å²) in [7, 11) is 0. The number of amides is 1. The Morgan fingerprint density at radius 1 is 1.39 bits per heavy atom. The lowest BCUT2D eigenvalue weighted by atomic mass is 9.92. The minimum atomic E-state index is -1.11. The summed E-state index contributed by atoms with van der Waals surface area (Å²) in [5.41, 5.74) is 5.93. The third-order valence-corrected chi connectivity index (χ3v) is 4.82. The number of aromatic nitrogens is 3. The lowest BCUT2D eigenvalue weighted by Gasteiger charge is -2.26. The van der Waals surface area contributed by atoms with Gasteiger partial charge in [0.15, 0.2) is 5.82 Å². The van der Waals surface area contributed by atoms with Gasteiger partial charge in [-0.1, -0.05) is 28.1 Å². The molecule has 1 aliphatic heterocycles. The molecule has 7 heteroatoms. The van der Waals surface area contributed by atoms with Crippen LogP contribution in [0, 0.1) is 0 Å². The van der Waals surface area contributed by atoms with Gasteiger partial charge in [-0.2, -0.15) is 0 Å². The van der Waals surface area contributed by atoms with E-state index in [1.54, 1.807) is 6.92 Å². The first-order valence-electron chi connectivity index (χ1n) is 7.67. The van der Waals surface area contributed by atoms with Crippen LogP contribution in [-0.4, -0.2) is 20.7 Å². The van der Waals surface area contributed by atoms with Crippen LogP contribution < -0.4 is 11.1 Å². The highest BCUT2D eigenvalue weighted by Gasteiger charge is 2.32. The molecule has 3 N–H and O–H groups in total. The van der Waals surface area contributed by atoms with Gasteiger partial charge in [-0.05, 0) is 38.0 Å². The largest absolute Gasteiger partial charge is 0.344 e. The smallest absolute Gasteiger partial charge is 0.244 e. The van der Waals surface area contributed by atoms with Gasteiger partial charge in [0.2, 0.25) is 5.91 Å². The maximum Gasteiger partial charge on any atom is 0.244 e. The molecule has 0 aliphatic carbocycles. The zero-order chi connectivity index (χ0) is 16.6. The SMILES string of the molecule is CC(NC(=O)C(C)(N)c1ccc(Br)cc1)c1nnc2n1CCC2. The van der Waals surface area contributed by atoms with Crippen LogP contribution in [0.3, 0.4) is 0 Å². The van der Waals surface area contributed by atoms with Gasteiger partial charge in [-0.15, -0.1) is 10.2 Å². The van der Waals surface area contributed by atoms with Crippen LogP contribution in [0.25, 0.3) is 0 Å². The zero-order valence-corrected chi connectivity index (χ0v) is 14.8. The average Bonchev–Trinajstić information content (AvgIpc) is 3.10. The second kappa shape index (κ2) is 6.05. The number of rotatable bonds is 4. The Kier molecular flexibility index (Phi) is 4.25. The first-order chi connectivity index (χ1) is 10.9. The Labute approximate surface area is 143 Å². The summed E-state index contributed by atoms with van der Waals surface area (Å²) in [4.78, 5) is 12.7. The monoisotopic (exact) mass is 377 g/mol. The highest BCUT2D eigenvalue weighted by atomic mass is 79.9. The van der Waals surface area contributed by atoms with Gasteiger partial charge in [-0.3, -0.25) is 4.79 Å². The molecule has 0 saturated heterocycles. The van der Waals surface area contributed by atoms with Crippen molar-refractivity contribution in [1.29, 1.82) is 0 Å². The first kappa shape index (κ1) is 16.1. The van der Waals surface area contributed by atoms with Crippen molar-refractivity contribution in [3.8, 4) is 0 Å². The Bertz CT molecular complexity index is 723. The molecule has 23 heavy (non-hydrogen) atoms. The Morgan fingerprint density at radius 2 is 2.09 bits per heavy atom. The van der Waals surface area contributed by atoms with E-state index >= 15 is 0 Å². The van der Waals surface area contributed by atoms with Crippen molar-refractivity contribution in [2.24, 2.45) is 5.73 Å². The van der Waals surface area contributed by atoms with Crippen molar-refractivity contribution < 1.29 is 4.79 Å². The third-order valence-electron chi connectivity index (χ3n) is 4.29. The molecule has 3 rings (SSSR count). The lowest BCUT2D eigenvalue weighted by Crippen LogP contribution is -2.49. The van der Waals surface area contributed by atoms with Gasteiger partial charge in [-0.25, -0.2) is 0 Å². The number of fused-ring (bicyclic) bond motifs is 1. The van der Waals surface area contributed by atoms with Crippen molar-refractivity contribution in [2.45, 2.75) is 44.8 Å². The molecule has 0 radical (unpaired) electrons. The van der Waals surface area contributed by atoms with Crippen molar-refractivity contribution in [3.63, 3.8) is 0 Å². The second-order valence-electron chi connectivity index (χ2n) is 6.13. The summed E-state index contributed by atoms with van der Waals surface area (Å²) < 4.78 is 3.03. The first-order valence-corrected chi connectivity index (χ1v) is 8.47. The summed E-state index contributed by atoms with van der Waals surface area (Å²) in [5, 5.41) is 11.4. The summed E-state index contributed by atoms with van der Waals surface area (Å²) in [6, 6.07) is 7.22. The van der Waals surface area contributed by atoms with E-state index in [1.807, 2.05) is 31.2 Å². The van der Waals surface area contributed by atoms with Gasteiger partial charge in [0.25, 0.3) is 0 Å². The number of nitrogens with one attached hydrogen (secondary N) is 1. The number of benzene rings is 1. The fourth-order valence-electron chi connectivity index (χ4n) is 2.83. The molecule has 0 bridgehead atoms. The summed E-state index contributed by atoms with van der Waals surface area (Å²) in [6.45, 7) is 4.53. The highest BCUT2D eigenvalue weighted by Crippen LogP contribution is 2.23. The molecule has 2 unspecified atom stereocenters. The van der Waals surface area contributed by atoms with E-state index in [0.29, 0.717) is 0 Å². The topological polar surface area (TPSA) is 85.8 Å².